The summed E-state index contributed by atoms with van der Waals surface area (Å²) in [5.41, 5.74) is 5.65. The molecule has 0 spiro atoms. The summed E-state index contributed by atoms with van der Waals surface area (Å²) < 4.78 is 61.5. The number of rotatable bonds is 14. The number of ether oxygens (including phenoxy) is 1. The van der Waals surface area contributed by atoms with Gasteiger partial charge < -0.3 is 20.1 Å². The largest absolute Gasteiger partial charge is 0.493 e. The number of nitrogens with two attached hydrogens (primary N) is 1. The van der Waals surface area contributed by atoms with Crippen molar-refractivity contribution < 1.29 is 32.1 Å². The Morgan fingerprint density at radius 2 is 1.72 bits per heavy atom. The summed E-state index contributed by atoms with van der Waals surface area (Å²) in [5, 5.41) is 9.44. The molecule has 2 aromatic carbocycles. The average molecular weight is 473 g/mol. The summed E-state index contributed by atoms with van der Waals surface area (Å²) >= 11 is 0. The highest BCUT2D eigenvalue weighted by Gasteiger charge is 2.35. The van der Waals surface area contributed by atoms with Gasteiger partial charge in [0, 0.05) is 0 Å². The minimum atomic E-state index is -4.55. The van der Waals surface area contributed by atoms with Gasteiger partial charge in [0.15, 0.2) is 8.69 Å². The molecule has 0 aliphatic heterocycles. The summed E-state index contributed by atoms with van der Waals surface area (Å²) in [5.74, 6) is -0.191. The first-order chi connectivity index (χ1) is 15.3. The highest BCUT2D eigenvalue weighted by Crippen LogP contribution is 2.37. The normalized spacial score (nSPS) is 14.0. The molecule has 0 aliphatic carbocycles. The lowest BCUT2D eigenvalue weighted by Crippen LogP contribution is -2.47. The minimum absolute atomic E-state index is 0.125. The Kier molecular flexibility index (Phi) is 10.7. The zero-order chi connectivity index (χ0) is 23.5. The molecule has 178 valence electrons. The van der Waals surface area contributed by atoms with Gasteiger partial charge in [0.1, 0.15) is 5.75 Å². The van der Waals surface area contributed by atoms with Gasteiger partial charge in [-0.1, -0.05) is 36.4 Å². The molecule has 2 atom stereocenters. The second-order valence-corrected chi connectivity index (χ2v) is 8.43. The molecule has 0 bridgehead atoms. The number of aliphatic hydroxyl groups is 1. The third-order valence-corrected chi connectivity index (χ3v) is 5.53. The number of alkyl halides is 3. The van der Waals surface area contributed by atoms with Crippen LogP contribution in [0.3, 0.4) is 0 Å². The van der Waals surface area contributed by atoms with Crippen molar-refractivity contribution in [3.8, 4) is 5.75 Å². The number of hydrogen-bond acceptors (Lipinski definition) is 5. The van der Waals surface area contributed by atoms with Gasteiger partial charge in [-0.2, -0.15) is 13.2 Å². The fourth-order valence-electron chi connectivity index (χ4n) is 3.30. The molecule has 2 unspecified atom stereocenters. The monoisotopic (exact) mass is 473 g/mol. The Morgan fingerprint density at radius 3 is 2.38 bits per heavy atom. The van der Waals surface area contributed by atoms with E-state index in [9.17, 15) is 22.8 Å². The van der Waals surface area contributed by atoms with E-state index in [1.807, 2.05) is 18.2 Å². The van der Waals surface area contributed by atoms with E-state index in [0.717, 1.165) is 25.3 Å². The van der Waals surface area contributed by atoms with Crippen LogP contribution in [0, 0.1) is 0 Å². The van der Waals surface area contributed by atoms with Crippen LogP contribution in [0.2, 0.25) is 0 Å². The van der Waals surface area contributed by atoms with Gasteiger partial charge in [0.25, 0.3) is 0 Å². The summed E-state index contributed by atoms with van der Waals surface area (Å²) in [7, 11) is -1.47. The Bertz CT molecular complexity index is 836. The molecular formula is C23H31F3NO4P. The van der Waals surface area contributed by atoms with Crippen molar-refractivity contribution in [3.63, 3.8) is 0 Å². The molecule has 9 heteroatoms. The standard InChI is InChI=1S/C23H31F3NO4P/c24-23(25,26)20-15-19(12-13-22(27,16-28)17-31-32-29)10-11-21(20)30-14-6-2-5-9-18-7-3-1-4-8-18/h1,3-4,7-8,10-11,15,28H,2,5-6,9,12-14,16-17,27,32H2. The average Bonchev–Trinajstić information content (AvgIpc) is 2.79. The molecule has 32 heavy (non-hydrogen) atoms. The zero-order valence-corrected chi connectivity index (χ0v) is 19.1. The molecule has 0 fully saturated rings. The van der Waals surface area contributed by atoms with Gasteiger partial charge in [0.05, 0.1) is 30.9 Å². The molecule has 0 radical (unpaired) electrons. The van der Waals surface area contributed by atoms with E-state index >= 15 is 0 Å². The summed E-state index contributed by atoms with van der Waals surface area (Å²) in [6.45, 7) is -0.341. The van der Waals surface area contributed by atoms with E-state index in [2.05, 4.69) is 12.1 Å². The number of hydrogen-bond donors (Lipinski definition) is 2. The lowest BCUT2D eigenvalue weighted by Gasteiger charge is -2.26. The van der Waals surface area contributed by atoms with Crippen LogP contribution in [-0.4, -0.2) is 30.5 Å². The number of benzene rings is 2. The van der Waals surface area contributed by atoms with E-state index in [1.165, 1.54) is 11.6 Å². The molecule has 5 nitrogen and oxygen atoms in total. The van der Waals surface area contributed by atoms with Crippen molar-refractivity contribution in [3.05, 3.63) is 65.2 Å². The van der Waals surface area contributed by atoms with Gasteiger partial charge in [0.2, 0.25) is 0 Å². The van der Waals surface area contributed by atoms with Crippen molar-refractivity contribution in [1.29, 1.82) is 0 Å². The maximum atomic E-state index is 13.6. The minimum Gasteiger partial charge on any atom is -0.493 e. The number of aliphatic hydroxyl groups excluding tert-OH is 1. The van der Waals surface area contributed by atoms with E-state index in [4.69, 9.17) is 15.0 Å². The fourth-order valence-corrected chi connectivity index (χ4v) is 3.70. The van der Waals surface area contributed by atoms with Crippen molar-refractivity contribution >= 4 is 8.69 Å². The van der Waals surface area contributed by atoms with Gasteiger partial charge in [-0.05, 0) is 61.8 Å². The molecular weight excluding hydrogens is 442 g/mol. The van der Waals surface area contributed by atoms with Crippen LogP contribution >= 0.6 is 8.69 Å². The lowest BCUT2D eigenvalue weighted by atomic mass is 9.93. The lowest BCUT2D eigenvalue weighted by molar-refractivity contribution is -0.139. The third kappa shape index (κ3) is 8.94. The van der Waals surface area contributed by atoms with E-state index in [0.29, 0.717) is 12.0 Å². The first-order valence-corrected chi connectivity index (χ1v) is 11.5. The number of aryl methyl sites for hydroxylation is 2. The van der Waals surface area contributed by atoms with Crippen molar-refractivity contribution in [1.82, 2.24) is 0 Å². The predicted molar refractivity (Wildman–Crippen MR) is 120 cm³/mol. The second kappa shape index (κ2) is 13.0. The quantitative estimate of drug-likeness (QED) is 0.304. The van der Waals surface area contributed by atoms with Crippen LogP contribution in [-0.2, 0) is 28.1 Å². The fraction of sp³-hybridized carbons (Fsp3) is 0.478. The van der Waals surface area contributed by atoms with Gasteiger partial charge in [-0.3, -0.25) is 4.57 Å². The third-order valence-electron chi connectivity index (χ3n) is 5.22. The Balaban J connectivity index is 1.90. The predicted octanol–water partition coefficient (Wildman–Crippen LogP) is 4.81. The molecule has 2 rings (SSSR count). The number of halogens is 3. The van der Waals surface area contributed by atoms with Gasteiger partial charge in [-0.15, -0.1) is 0 Å². The maximum Gasteiger partial charge on any atom is 0.419 e. The van der Waals surface area contributed by atoms with Crippen LogP contribution in [0.5, 0.6) is 5.75 Å². The Labute approximate surface area is 188 Å². The van der Waals surface area contributed by atoms with Crippen LogP contribution < -0.4 is 10.5 Å². The van der Waals surface area contributed by atoms with Gasteiger partial charge in [-0.25, -0.2) is 0 Å². The molecule has 0 saturated carbocycles. The molecule has 0 saturated heterocycles. The molecule has 0 aliphatic rings. The molecule has 0 amide bonds. The molecule has 0 heterocycles. The smallest absolute Gasteiger partial charge is 0.419 e. The van der Waals surface area contributed by atoms with E-state index < -0.39 is 32.6 Å². The molecule has 0 aromatic heterocycles. The Hall–Kier alpha value is -1.86. The van der Waals surface area contributed by atoms with Crippen LogP contribution in [0.1, 0.15) is 42.4 Å². The van der Waals surface area contributed by atoms with Crippen LogP contribution in [0.4, 0.5) is 13.2 Å². The first kappa shape index (κ1) is 26.4. The van der Waals surface area contributed by atoms with Crippen LogP contribution in [0.15, 0.2) is 48.5 Å². The van der Waals surface area contributed by atoms with Crippen molar-refractivity contribution in [2.75, 3.05) is 19.8 Å². The Morgan fingerprint density at radius 1 is 0.969 bits per heavy atom. The topological polar surface area (TPSA) is 81.8 Å². The SMILES string of the molecule is NC(CO)(CCc1ccc(OCCCCCc2ccccc2)c(C(F)(F)F)c1)CO[PH2]=O. The summed E-state index contributed by atoms with van der Waals surface area (Å²) in [4.78, 5) is 0. The summed E-state index contributed by atoms with van der Waals surface area (Å²) in [6.07, 6.45) is -0.757. The van der Waals surface area contributed by atoms with Crippen molar-refractivity contribution in [2.24, 2.45) is 5.73 Å². The maximum absolute atomic E-state index is 13.6. The first-order valence-electron chi connectivity index (χ1n) is 10.6. The highest BCUT2D eigenvalue weighted by molar-refractivity contribution is 7.17. The van der Waals surface area contributed by atoms with Crippen LogP contribution in [0.25, 0.3) is 0 Å². The van der Waals surface area contributed by atoms with Crippen molar-refractivity contribution in [2.45, 2.75) is 50.2 Å². The highest BCUT2D eigenvalue weighted by atomic mass is 31.1. The van der Waals surface area contributed by atoms with Gasteiger partial charge >= 0.3 is 6.18 Å². The second-order valence-electron chi connectivity index (χ2n) is 7.90. The van der Waals surface area contributed by atoms with E-state index in [1.54, 1.807) is 6.07 Å². The van der Waals surface area contributed by atoms with E-state index in [-0.39, 0.29) is 31.8 Å². The zero-order valence-electron chi connectivity index (χ0n) is 17.9. The number of unbranched alkanes of at least 4 members (excludes halogenated alkanes) is 2. The molecule has 3 N–H and O–H groups in total. The molecule has 2 aromatic rings. The summed E-state index contributed by atoms with van der Waals surface area (Å²) in [6, 6.07) is 14.0.